The van der Waals surface area contributed by atoms with Gasteiger partial charge in [0, 0.05) is 5.69 Å². The summed E-state index contributed by atoms with van der Waals surface area (Å²) in [6.45, 7) is 0.00927. The second-order valence-corrected chi connectivity index (χ2v) is 5.50. The minimum atomic E-state index is -0.294. The summed E-state index contributed by atoms with van der Waals surface area (Å²) in [7, 11) is 0. The zero-order chi connectivity index (χ0) is 16.1. The van der Waals surface area contributed by atoms with Crippen LogP contribution in [0.15, 0.2) is 36.4 Å². The van der Waals surface area contributed by atoms with Gasteiger partial charge in [-0.15, -0.1) is 0 Å². The van der Waals surface area contributed by atoms with Crippen molar-refractivity contribution in [3.05, 3.63) is 57.0 Å². The number of carbonyl (C=O) groups is 1. The molecule has 1 amide bonds. The molecule has 112 valence electrons. The van der Waals surface area contributed by atoms with E-state index in [1.165, 1.54) is 0 Å². The summed E-state index contributed by atoms with van der Waals surface area (Å²) in [4.78, 5) is 11.9. The smallest absolute Gasteiger partial charge is 0.243 e. The molecular formula is C15H10Cl3N3O. The molecule has 0 heterocycles. The Morgan fingerprint density at radius 2 is 1.91 bits per heavy atom. The van der Waals surface area contributed by atoms with E-state index in [2.05, 4.69) is 10.6 Å². The van der Waals surface area contributed by atoms with Crippen molar-refractivity contribution in [2.24, 2.45) is 0 Å². The highest BCUT2D eigenvalue weighted by Crippen LogP contribution is 2.29. The predicted octanol–water partition coefficient (Wildman–Crippen LogP) is 4.57. The molecule has 22 heavy (non-hydrogen) atoms. The van der Waals surface area contributed by atoms with E-state index in [0.29, 0.717) is 27.0 Å². The first-order valence-corrected chi connectivity index (χ1v) is 7.32. The van der Waals surface area contributed by atoms with Crippen LogP contribution in [0.5, 0.6) is 0 Å². The van der Waals surface area contributed by atoms with Crippen molar-refractivity contribution in [2.45, 2.75) is 0 Å². The topological polar surface area (TPSA) is 64.9 Å². The fourth-order valence-corrected chi connectivity index (χ4v) is 2.21. The standard InChI is InChI=1S/C15H10Cl3N3O/c16-11-5-4-10(6-9(11)7-19)20-8-14(22)21-13-3-1-2-12(17)15(13)18/h1-6,20H,8H2,(H,21,22). The highest BCUT2D eigenvalue weighted by Gasteiger charge is 2.08. The van der Waals surface area contributed by atoms with Gasteiger partial charge in [-0.3, -0.25) is 4.79 Å². The number of benzene rings is 2. The SMILES string of the molecule is N#Cc1cc(NCC(=O)Nc2cccc(Cl)c2Cl)ccc1Cl. The maximum atomic E-state index is 11.9. The van der Waals surface area contributed by atoms with Gasteiger partial charge in [-0.1, -0.05) is 40.9 Å². The number of amides is 1. The van der Waals surface area contributed by atoms with Crippen molar-refractivity contribution in [3.63, 3.8) is 0 Å². The molecule has 4 nitrogen and oxygen atoms in total. The first-order chi connectivity index (χ1) is 10.5. The fourth-order valence-electron chi connectivity index (χ4n) is 1.70. The average Bonchev–Trinajstić information content (AvgIpc) is 2.51. The molecule has 0 saturated heterocycles. The number of nitrogens with one attached hydrogen (secondary N) is 2. The molecule has 2 N–H and O–H groups in total. The molecule has 0 spiro atoms. The van der Waals surface area contributed by atoms with E-state index >= 15 is 0 Å². The van der Waals surface area contributed by atoms with Crippen LogP contribution in [0.1, 0.15) is 5.56 Å². The number of carbonyl (C=O) groups excluding carboxylic acids is 1. The molecule has 0 aliphatic rings. The van der Waals surface area contributed by atoms with Crippen LogP contribution in [0, 0.1) is 11.3 Å². The molecule has 0 bridgehead atoms. The third kappa shape index (κ3) is 4.05. The van der Waals surface area contributed by atoms with Gasteiger partial charge in [0.1, 0.15) is 6.07 Å². The molecule has 0 aliphatic carbocycles. The molecule has 0 aromatic heterocycles. The highest BCUT2D eigenvalue weighted by atomic mass is 35.5. The van der Waals surface area contributed by atoms with Gasteiger partial charge in [0.2, 0.25) is 5.91 Å². The lowest BCUT2D eigenvalue weighted by Crippen LogP contribution is -2.22. The van der Waals surface area contributed by atoms with Gasteiger partial charge in [0.05, 0.1) is 32.9 Å². The zero-order valence-corrected chi connectivity index (χ0v) is 13.4. The maximum Gasteiger partial charge on any atom is 0.243 e. The lowest BCUT2D eigenvalue weighted by atomic mass is 10.2. The van der Waals surface area contributed by atoms with Gasteiger partial charge < -0.3 is 10.6 Å². The Morgan fingerprint density at radius 3 is 2.64 bits per heavy atom. The van der Waals surface area contributed by atoms with Crippen molar-refractivity contribution >= 4 is 52.1 Å². The lowest BCUT2D eigenvalue weighted by molar-refractivity contribution is -0.114. The lowest BCUT2D eigenvalue weighted by Gasteiger charge is -2.10. The van der Waals surface area contributed by atoms with E-state index < -0.39 is 0 Å². The van der Waals surface area contributed by atoms with Crippen LogP contribution in [0.3, 0.4) is 0 Å². The quantitative estimate of drug-likeness (QED) is 0.845. The number of nitrogens with zero attached hydrogens (tertiary/aromatic N) is 1. The van der Waals surface area contributed by atoms with Gasteiger partial charge in [-0.05, 0) is 30.3 Å². The maximum absolute atomic E-state index is 11.9. The third-order valence-corrected chi connectivity index (χ3v) is 3.91. The van der Waals surface area contributed by atoms with Crippen LogP contribution in [-0.2, 0) is 4.79 Å². The van der Waals surface area contributed by atoms with Crippen molar-refractivity contribution in [1.29, 1.82) is 5.26 Å². The van der Waals surface area contributed by atoms with Gasteiger partial charge in [0.15, 0.2) is 0 Å². The van der Waals surface area contributed by atoms with Crippen molar-refractivity contribution in [3.8, 4) is 6.07 Å². The molecule has 0 unspecified atom stereocenters. The Balaban J connectivity index is 1.99. The van der Waals surface area contributed by atoms with Crippen LogP contribution >= 0.6 is 34.8 Å². The molecule has 0 atom stereocenters. The van der Waals surface area contributed by atoms with Crippen LogP contribution in [0.25, 0.3) is 0 Å². The highest BCUT2D eigenvalue weighted by molar-refractivity contribution is 6.44. The first kappa shape index (κ1) is 16.4. The van der Waals surface area contributed by atoms with Gasteiger partial charge in [0.25, 0.3) is 0 Å². The molecule has 7 heteroatoms. The third-order valence-electron chi connectivity index (χ3n) is 2.77. The van der Waals surface area contributed by atoms with Crippen molar-refractivity contribution < 1.29 is 4.79 Å². The van der Waals surface area contributed by atoms with E-state index in [4.69, 9.17) is 40.1 Å². The number of hydrogen-bond donors (Lipinski definition) is 2. The van der Waals surface area contributed by atoms with Crippen LogP contribution < -0.4 is 10.6 Å². The molecule has 2 rings (SSSR count). The number of anilines is 2. The van der Waals surface area contributed by atoms with Gasteiger partial charge >= 0.3 is 0 Å². The predicted molar refractivity (Wildman–Crippen MR) is 89.7 cm³/mol. The Bertz CT molecular complexity index is 756. The molecule has 2 aromatic carbocycles. The Morgan fingerprint density at radius 1 is 1.14 bits per heavy atom. The molecule has 0 saturated carbocycles. The fraction of sp³-hybridized carbons (Fsp3) is 0.0667. The molecule has 0 fully saturated rings. The average molecular weight is 355 g/mol. The van der Waals surface area contributed by atoms with Crippen LogP contribution in [0.2, 0.25) is 15.1 Å². The van der Waals surface area contributed by atoms with E-state index in [1.54, 1.807) is 36.4 Å². The van der Waals surface area contributed by atoms with E-state index in [0.717, 1.165) is 0 Å². The van der Waals surface area contributed by atoms with Crippen molar-refractivity contribution in [2.75, 3.05) is 17.2 Å². The Hall–Kier alpha value is -1.93. The summed E-state index contributed by atoms with van der Waals surface area (Å²) < 4.78 is 0. The second-order valence-electron chi connectivity index (χ2n) is 4.31. The van der Waals surface area contributed by atoms with Crippen molar-refractivity contribution in [1.82, 2.24) is 0 Å². The summed E-state index contributed by atoms with van der Waals surface area (Å²) in [5.41, 5.74) is 1.40. The van der Waals surface area contributed by atoms with Gasteiger partial charge in [-0.25, -0.2) is 0 Å². The summed E-state index contributed by atoms with van der Waals surface area (Å²) in [5, 5.41) is 15.5. The monoisotopic (exact) mass is 353 g/mol. The summed E-state index contributed by atoms with van der Waals surface area (Å²) >= 11 is 17.7. The Kier molecular flexibility index (Phi) is 5.51. The summed E-state index contributed by atoms with van der Waals surface area (Å²) in [5.74, 6) is -0.294. The van der Waals surface area contributed by atoms with Crippen LogP contribution in [0.4, 0.5) is 11.4 Å². The first-order valence-electron chi connectivity index (χ1n) is 6.18. The van der Waals surface area contributed by atoms with E-state index in [-0.39, 0.29) is 17.5 Å². The summed E-state index contributed by atoms with van der Waals surface area (Å²) in [6.07, 6.45) is 0. The minimum absolute atomic E-state index is 0.00927. The van der Waals surface area contributed by atoms with E-state index in [1.807, 2.05) is 6.07 Å². The number of rotatable bonds is 4. The van der Waals surface area contributed by atoms with Gasteiger partial charge in [-0.2, -0.15) is 5.26 Å². The Labute approximate surface area is 142 Å². The largest absolute Gasteiger partial charge is 0.376 e. The van der Waals surface area contributed by atoms with Crippen LogP contribution in [-0.4, -0.2) is 12.5 Å². The summed E-state index contributed by atoms with van der Waals surface area (Å²) in [6, 6.07) is 11.8. The zero-order valence-electron chi connectivity index (χ0n) is 11.2. The number of halogens is 3. The minimum Gasteiger partial charge on any atom is -0.376 e. The van der Waals surface area contributed by atoms with E-state index in [9.17, 15) is 4.79 Å². The number of nitriles is 1. The molecule has 0 radical (unpaired) electrons. The molecule has 2 aromatic rings. The normalized spacial score (nSPS) is 9.91. The molecular weight excluding hydrogens is 345 g/mol. The molecule has 0 aliphatic heterocycles. The second kappa shape index (κ2) is 7.37. The number of hydrogen-bond acceptors (Lipinski definition) is 3.